The minimum Gasteiger partial charge on any atom is -0.486 e. The van der Waals surface area contributed by atoms with Crippen LogP contribution >= 0.6 is 34.5 Å². The second kappa shape index (κ2) is 2.99. The third-order valence-corrected chi connectivity index (χ3v) is 3.33. The third kappa shape index (κ3) is 1.24. The summed E-state index contributed by atoms with van der Waals surface area (Å²) in [7, 11) is 1.58. The first kappa shape index (κ1) is 8.18. The Morgan fingerprint density at radius 2 is 1.90 bits per heavy atom. The van der Waals surface area contributed by atoms with Crippen molar-refractivity contribution >= 4 is 34.5 Å². The average molecular weight is 197 g/mol. The molecule has 4 heteroatoms. The standard InChI is InChI=1S/C6H6Cl2OS/c1-3-4(7)5(8)6(9-2)10-3/h1-2H3. The minimum atomic E-state index is 0.520. The number of aryl methyl sites for hydroxylation is 1. The van der Waals surface area contributed by atoms with Crippen molar-refractivity contribution < 1.29 is 4.74 Å². The smallest absolute Gasteiger partial charge is 0.194 e. The molecule has 56 valence electrons. The zero-order valence-corrected chi connectivity index (χ0v) is 7.90. The lowest BCUT2D eigenvalue weighted by Crippen LogP contribution is -1.75. The molecule has 0 aliphatic heterocycles. The maximum atomic E-state index is 5.78. The highest BCUT2D eigenvalue weighted by atomic mass is 35.5. The number of methoxy groups -OCH3 is 1. The number of ether oxygens (including phenoxy) is 1. The molecule has 10 heavy (non-hydrogen) atoms. The predicted molar refractivity (Wildman–Crippen MR) is 45.6 cm³/mol. The Morgan fingerprint density at radius 3 is 2.10 bits per heavy atom. The van der Waals surface area contributed by atoms with Crippen LogP contribution in [0, 0.1) is 6.92 Å². The number of halogens is 2. The molecule has 0 amide bonds. The highest BCUT2D eigenvalue weighted by Crippen LogP contribution is 2.41. The van der Waals surface area contributed by atoms with Crippen LogP contribution in [-0.2, 0) is 0 Å². The van der Waals surface area contributed by atoms with Crippen molar-refractivity contribution in [2.45, 2.75) is 6.92 Å². The fourth-order valence-corrected chi connectivity index (χ4v) is 2.00. The molecule has 1 rings (SSSR count). The first-order chi connectivity index (χ1) is 4.66. The van der Waals surface area contributed by atoms with Crippen molar-refractivity contribution in [1.82, 2.24) is 0 Å². The van der Waals surface area contributed by atoms with Gasteiger partial charge in [-0.1, -0.05) is 23.2 Å². The molecule has 1 aromatic heterocycles. The van der Waals surface area contributed by atoms with Gasteiger partial charge in [-0.05, 0) is 6.92 Å². The van der Waals surface area contributed by atoms with Crippen LogP contribution in [0.3, 0.4) is 0 Å². The van der Waals surface area contributed by atoms with Gasteiger partial charge in [-0.2, -0.15) is 0 Å². The van der Waals surface area contributed by atoms with Crippen molar-refractivity contribution in [2.75, 3.05) is 7.11 Å². The summed E-state index contributed by atoms with van der Waals surface area (Å²) in [6.07, 6.45) is 0. The molecule has 1 heterocycles. The fourth-order valence-electron chi connectivity index (χ4n) is 0.604. The van der Waals surface area contributed by atoms with Crippen LogP contribution in [0.25, 0.3) is 0 Å². The summed E-state index contributed by atoms with van der Waals surface area (Å²) < 4.78 is 4.95. The molecule has 0 aliphatic rings. The molecule has 0 unspecified atom stereocenters. The van der Waals surface area contributed by atoms with Crippen molar-refractivity contribution in [1.29, 1.82) is 0 Å². The van der Waals surface area contributed by atoms with Crippen LogP contribution in [0.15, 0.2) is 0 Å². The Labute approximate surface area is 73.5 Å². The molecule has 1 aromatic rings. The summed E-state index contributed by atoms with van der Waals surface area (Å²) in [5, 5.41) is 1.80. The van der Waals surface area contributed by atoms with Gasteiger partial charge in [0.25, 0.3) is 0 Å². The molecule has 0 atom stereocenters. The summed E-state index contributed by atoms with van der Waals surface area (Å²) in [5.41, 5.74) is 0. The summed E-state index contributed by atoms with van der Waals surface area (Å²) >= 11 is 13.0. The molecule has 0 bridgehead atoms. The zero-order chi connectivity index (χ0) is 7.72. The van der Waals surface area contributed by atoms with Crippen LogP contribution in [0.1, 0.15) is 4.88 Å². The summed E-state index contributed by atoms with van der Waals surface area (Å²) in [6, 6.07) is 0. The maximum absolute atomic E-state index is 5.78. The van der Waals surface area contributed by atoms with Gasteiger partial charge >= 0.3 is 0 Å². The number of thiophene rings is 1. The molecule has 0 radical (unpaired) electrons. The Bertz CT molecular complexity index is 244. The highest BCUT2D eigenvalue weighted by molar-refractivity contribution is 7.15. The van der Waals surface area contributed by atoms with E-state index in [9.17, 15) is 0 Å². The molecule has 0 N–H and O–H groups in total. The van der Waals surface area contributed by atoms with E-state index < -0.39 is 0 Å². The van der Waals surface area contributed by atoms with Crippen molar-refractivity contribution in [3.63, 3.8) is 0 Å². The third-order valence-electron chi connectivity index (χ3n) is 1.11. The Balaban J connectivity index is 3.17. The maximum Gasteiger partial charge on any atom is 0.194 e. The Morgan fingerprint density at radius 1 is 1.30 bits per heavy atom. The van der Waals surface area contributed by atoms with Gasteiger partial charge in [-0.25, -0.2) is 0 Å². The second-order valence-electron chi connectivity index (χ2n) is 1.78. The molecule has 0 aromatic carbocycles. The normalized spacial score (nSPS) is 10.0. The highest BCUT2D eigenvalue weighted by Gasteiger charge is 2.11. The van der Waals surface area contributed by atoms with E-state index in [0.29, 0.717) is 15.1 Å². The summed E-state index contributed by atoms with van der Waals surface area (Å²) in [6.45, 7) is 1.90. The average Bonchev–Trinajstić information content (AvgIpc) is 2.17. The Hall–Kier alpha value is 0.0800. The first-order valence-electron chi connectivity index (χ1n) is 2.65. The van der Waals surface area contributed by atoms with E-state index in [-0.39, 0.29) is 0 Å². The first-order valence-corrected chi connectivity index (χ1v) is 4.22. The van der Waals surface area contributed by atoms with E-state index in [4.69, 9.17) is 27.9 Å². The SMILES string of the molecule is COc1sc(C)c(Cl)c1Cl. The van der Waals surface area contributed by atoms with Gasteiger partial charge in [-0.3, -0.25) is 0 Å². The van der Waals surface area contributed by atoms with Gasteiger partial charge in [0.15, 0.2) is 5.06 Å². The Kier molecular flexibility index (Phi) is 2.45. The van der Waals surface area contributed by atoms with Gasteiger partial charge in [-0.15, -0.1) is 11.3 Å². The van der Waals surface area contributed by atoms with Crippen LogP contribution in [0.2, 0.25) is 10.0 Å². The van der Waals surface area contributed by atoms with Crippen molar-refractivity contribution in [2.24, 2.45) is 0 Å². The van der Waals surface area contributed by atoms with Gasteiger partial charge in [0.2, 0.25) is 0 Å². The van der Waals surface area contributed by atoms with Gasteiger partial charge < -0.3 is 4.74 Å². The fraction of sp³-hybridized carbons (Fsp3) is 0.333. The van der Waals surface area contributed by atoms with Crippen molar-refractivity contribution in [3.05, 3.63) is 14.9 Å². The van der Waals surface area contributed by atoms with Crippen molar-refractivity contribution in [3.8, 4) is 5.06 Å². The van der Waals surface area contributed by atoms with Crippen LogP contribution < -0.4 is 4.74 Å². The van der Waals surface area contributed by atoms with Crippen LogP contribution in [-0.4, -0.2) is 7.11 Å². The lowest BCUT2D eigenvalue weighted by Gasteiger charge is -1.91. The van der Waals surface area contributed by atoms with Gasteiger partial charge in [0, 0.05) is 4.88 Å². The van der Waals surface area contributed by atoms with E-state index in [1.807, 2.05) is 6.92 Å². The molecule has 0 saturated heterocycles. The molecular weight excluding hydrogens is 191 g/mol. The summed E-state index contributed by atoms with van der Waals surface area (Å²) in [5.74, 6) is 0. The van der Waals surface area contributed by atoms with Gasteiger partial charge in [0.05, 0.1) is 12.1 Å². The largest absolute Gasteiger partial charge is 0.486 e. The lowest BCUT2D eigenvalue weighted by atomic mass is 10.5. The number of hydrogen-bond donors (Lipinski definition) is 0. The quantitative estimate of drug-likeness (QED) is 0.670. The van der Waals surface area contributed by atoms with E-state index in [2.05, 4.69) is 0 Å². The van der Waals surface area contributed by atoms with E-state index in [0.717, 1.165) is 4.88 Å². The summed E-state index contributed by atoms with van der Waals surface area (Å²) in [4.78, 5) is 0.989. The molecule has 0 spiro atoms. The van der Waals surface area contributed by atoms with Crippen LogP contribution in [0.4, 0.5) is 0 Å². The molecular formula is C6H6Cl2OS. The van der Waals surface area contributed by atoms with Crippen LogP contribution in [0.5, 0.6) is 5.06 Å². The van der Waals surface area contributed by atoms with E-state index in [1.54, 1.807) is 7.11 Å². The number of rotatable bonds is 1. The second-order valence-corrected chi connectivity index (χ2v) is 3.72. The monoisotopic (exact) mass is 196 g/mol. The number of hydrogen-bond acceptors (Lipinski definition) is 2. The van der Waals surface area contributed by atoms with E-state index >= 15 is 0 Å². The predicted octanol–water partition coefficient (Wildman–Crippen LogP) is 3.37. The topological polar surface area (TPSA) is 9.23 Å². The molecule has 0 aliphatic carbocycles. The lowest BCUT2D eigenvalue weighted by molar-refractivity contribution is 0.427. The molecule has 0 fully saturated rings. The molecule has 1 nitrogen and oxygen atoms in total. The minimum absolute atomic E-state index is 0.520. The zero-order valence-electron chi connectivity index (χ0n) is 5.57. The van der Waals surface area contributed by atoms with Gasteiger partial charge in [0.1, 0.15) is 5.02 Å². The van der Waals surface area contributed by atoms with E-state index in [1.165, 1.54) is 11.3 Å². The molecule has 0 saturated carbocycles.